The molecule has 0 saturated carbocycles. The number of carbonyl (C=O) groups excluding carboxylic acids is 2. The molecule has 0 saturated heterocycles. The van der Waals surface area contributed by atoms with Crippen molar-refractivity contribution >= 4 is 35.2 Å². The van der Waals surface area contributed by atoms with Gasteiger partial charge in [0.25, 0.3) is 5.91 Å². The summed E-state index contributed by atoms with van der Waals surface area (Å²) in [5.41, 5.74) is 4.03. The number of likely N-dealkylation sites (N-methyl/N-ethyl adjacent to an activating group) is 1. The topological polar surface area (TPSA) is 77.3 Å². The van der Waals surface area contributed by atoms with E-state index in [0.717, 1.165) is 23.2 Å². The number of hydrogen-bond acceptors (Lipinski definition) is 6. The fraction of sp³-hybridized carbons (Fsp3) is 0.304. The molecule has 0 N–H and O–H groups in total. The second kappa shape index (κ2) is 11.2. The van der Waals surface area contributed by atoms with Crippen molar-refractivity contribution in [2.45, 2.75) is 32.0 Å². The molecule has 0 aliphatic rings. The average molecular weight is 473 g/mol. The Morgan fingerprint density at radius 2 is 1.88 bits per heavy atom. The van der Waals surface area contributed by atoms with Crippen LogP contribution in [0.15, 0.2) is 53.9 Å². The number of ether oxygens (including phenoxy) is 1. The monoisotopic (exact) mass is 472 g/mol. The Balaban J connectivity index is 1.47. The van der Waals surface area contributed by atoms with Gasteiger partial charge in [-0.2, -0.15) is 0 Å². The van der Waals surface area contributed by atoms with Crippen LogP contribution < -0.4 is 0 Å². The minimum atomic E-state index is -0.500. The molecule has 1 heterocycles. The van der Waals surface area contributed by atoms with Gasteiger partial charge < -0.3 is 9.64 Å². The van der Waals surface area contributed by atoms with Crippen molar-refractivity contribution in [2.24, 2.45) is 0 Å². The number of esters is 1. The highest BCUT2D eigenvalue weighted by molar-refractivity contribution is 7.99. The second-order valence-electron chi connectivity index (χ2n) is 7.29. The molecule has 0 aliphatic carbocycles. The quantitative estimate of drug-likeness (QED) is 0.345. The standard InChI is InChI=1S/C23H25ClN4O3S/c1-4-17-6-8-18(9-7-17)12-27(3)21(29)13-31-22(30)14-32-23-26-25-15-28(23)19-10-5-16(2)20(24)11-19/h5-11,15H,4,12-14H2,1-3H3. The molecule has 3 rings (SSSR count). The number of aromatic nitrogens is 3. The first-order chi connectivity index (χ1) is 15.4. The number of benzene rings is 2. The van der Waals surface area contributed by atoms with E-state index in [1.165, 1.54) is 17.3 Å². The van der Waals surface area contributed by atoms with Gasteiger partial charge in [0, 0.05) is 18.6 Å². The van der Waals surface area contributed by atoms with Crippen LogP contribution in [0.1, 0.15) is 23.6 Å². The summed E-state index contributed by atoms with van der Waals surface area (Å²) in [6.45, 7) is 4.17. The minimum absolute atomic E-state index is 0.00770. The molecule has 0 unspecified atom stereocenters. The van der Waals surface area contributed by atoms with Gasteiger partial charge in [0.05, 0.1) is 11.4 Å². The summed E-state index contributed by atoms with van der Waals surface area (Å²) in [4.78, 5) is 26.0. The van der Waals surface area contributed by atoms with Gasteiger partial charge in [-0.3, -0.25) is 14.2 Å². The molecule has 7 nitrogen and oxygen atoms in total. The third kappa shape index (κ3) is 6.34. The molecule has 0 bridgehead atoms. The zero-order valence-corrected chi connectivity index (χ0v) is 19.8. The number of carbonyl (C=O) groups is 2. The Hall–Kier alpha value is -2.84. The summed E-state index contributed by atoms with van der Waals surface area (Å²) in [5.74, 6) is -0.755. The first-order valence-corrected chi connectivity index (χ1v) is 11.5. The lowest BCUT2D eigenvalue weighted by atomic mass is 10.1. The van der Waals surface area contributed by atoms with Crippen molar-refractivity contribution in [1.29, 1.82) is 0 Å². The third-order valence-corrected chi connectivity index (χ3v) is 6.23. The maximum atomic E-state index is 12.3. The summed E-state index contributed by atoms with van der Waals surface area (Å²) < 4.78 is 6.89. The molecule has 1 amide bonds. The van der Waals surface area contributed by atoms with Crippen LogP contribution in [0, 0.1) is 6.92 Å². The normalized spacial score (nSPS) is 10.8. The fourth-order valence-corrected chi connectivity index (χ4v) is 3.79. The van der Waals surface area contributed by atoms with Crippen LogP contribution >= 0.6 is 23.4 Å². The van der Waals surface area contributed by atoms with Crippen LogP contribution in [-0.4, -0.2) is 50.9 Å². The van der Waals surface area contributed by atoms with Crippen molar-refractivity contribution < 1.29 is 14.3 Å². The first kappa shape index (κ1) is 23.8. The Kier molecular flexibility index (Phi) is 8.30. The van der Waals surface area contributed by atoms with Gasteiger partial charge in [-0.15, -0.1) is 10.2 Å². The zero-order chi connectivity index (χ0) is 23.1. The van der Waals surface area contributed by atoms with Gasteiger partial charge in [0.2, 0.25) is 0 Å². The second-order valence-corrected chi connectivity index (χ2v) is 8.64. The van der Waals surface area contributed by atoms with Gasteiger partial charge in [0.1, 0.15) is 6.33 Å². The Bertz CT molecular complexity index is 1090. The van der Waals surface area contributed by atoms with E-state index >= 15 is 0 Å². The maximum absolute atomic E-state index is 12.3. The van der Waals surface area contributed by atoms with Crippen LogP contribution in [0.2, 0.25) is 5.02 Å². The SMILES string of the molecule is CCc1ccc(CN(C)C(=O)COC(=O)CSc2nncn2-c2ccc(C)c(Cl)c2)cc1. The Labute approximate surface area is 196 Å². The number of nitrogens with zero attached hydrogens (tertiary/aromatic N) is 4. The van der Waals surface area contributed by atoms with Gasteiger partial charge in [-0.25, -0.2) is 0 Å². The van der Waals surface area contributed by atoms with E-state index < -0.39 is 5.97 Å². The van der Waals surface area contributed by atoms with Gasteiger partial charge in [0.15, 0.2) is 11.8 Å². The molecule has 1 aromatic heterocycles. The lowest BCUT2D eigenvalue weighted by molar-refractivity contribution is -0.149. The highest BCUT2D eigenvalue weighted by atomic mass is 35.5. The van der Waals surface area contributed by atoms with Crippen molar-refractivity contribution in [3.05, 3.63) is 70.5 Å². The van der Waals surface area contributed by atoms with Crippen molar-refractivity contribution in [2.75, 3.05) is 19.4 Å². The molecule has 3 aromatic rings. The fourth-order valence-electron chi connectivity index (χ4n) is 2.89. The molecule has 0 aliphatic heterocycles. The molecule has 0 radical (unpaired) electrons. The summed E-state index contributed by atoms with van der Waals surface area (Å²) in [6, 6.07) is 13.7. The molecule has 2 aromatic carbocycles. The van der Waals surface area contributed by atoms with Crippen LogP contribution in [0.5, 0.6) is 0 Å². The van der Waals surface area contributed by atoms with Crippen molar-refractivity contribution in [3.8, 4) is 5.69 Å². The largest absolute Gasteiger partial charge is 0.455 e. The number of thioether (sulfide) groups is 1. The predicted molar refractivity (Wildman–Crippen MR) is 125 cm³/mol. The molecule has 0 atom stereocenters. The number of rotatable bonds is 9. The van der Waals surface area contributed by atoms with E-state index in [1.54, 1.807) is 22.8 Å². The molecule has 9 heteroatoms. The van der Waals surface area contributed by atoms with E-state index in [1.807, 2.05) is 49.4 Å². The highest BCUT2D eigenvalue weighted by Gasteiger charge is 2.15. The summed E-state index contributed by atoms with van der Waals surface area (Å²) in [5, 5.41) is 9.13. The van der Waals surface area contributed by atoms with E-state index in [2.05, 4.69) is 17.1 Å². The van der Waals surface area contributed by atoms with Crippen LogP contribution in [0.3, 0.4) is 0 Å². The average Bonchev–Trinajstić information content (AvgIpc) is 3.27. The molecular formula is C23H25ClN4O3S. The van der Waals surface area contributed by atoms with Gasteiger partial charge in [-0.05, 0) is 42.2 Å². The maximum Gasteiger partial charge on any atom is 0.316 e. The first-order valence-electron chi connectivity index (χ1n) is 10.1. The zero-order valence-electron chi connectivity index (χ0n) is 18.2. The summed E-state index contributed by atoms with van der Waals surface area (Å²) in [7, 11) is 1.69. The number of halogens is 1. The predicted octanol–water partition coefficient (Wildman–Crippen LogP) is 4.09. The number of hydrogen-bond donors (Lipinski definition) is 0. The van der Waals surface area contributed by atoms with Crippen LogP contribution in [0.4, 0.5) is 0 Å². The number of aryl methyl sites for hydroxylation is 2. The minimum Gasteiger partial charge on any atom is -0.455 e. The Morgan fingerprint density at radius 1 is 1.16 bits per heavy atom. The third-order valence-electron chi connectivity index (χ3n) is 4.90. The van der Waals surface area contributed by atoms with E-state index in [-0.39, 0.29) is 18.3 Å². The molecule has 32 heavy (non-hydrogen) atoms. The highest BCUT2D eigenvalue weighted by Crippen LogP contribution is 2.23. The molecule has 168 valence electrons. The van der Waals surface area contributed by atoms with E-state index in [9.17, 15) is 9.59 Å². The molecular weight excluding hydrogens is 448 g/mol. The van der Waals surface area contributed by atoms with E-state index in [0.29, 0.717) is 16.7 Å². The lowest BCUT2D eigenvalue weighted by Gasteiger charge is -2.17. The van der Waals surface area contributed by atoms with Crippen molar-refractivity contribution in [3.63, 3.8) is 0 Å². The van der Waals surface area contributed by atoms with Crippen LogP contribution in [0.25, 0.3) is 5.69 Å². The van der Waals surface area contributed by atoms with E-state index in [4.69, 9.17) is 16.3 Å². The molecule has 0 fully saturated rings. The number of amides is 1. The smallest absolute Gasteiger partial charge is 0.316 e. The Morgan fingerprint density at radius 3 is 2.56 bits per heavy atom. The van der Waals surface area contributed by atoms with Gasteiger partial charge >= 0.3 is 5.97 Å². The lowest BCUT2D eigenvalue weighted by Crippen LogP contribution is -2.31. The van der Waals surface area contributed by atoms with Gasteiger partial charge in [-0.1, -0.05) is 60.6 Å². The van der Waals surface area contributed by atoms with Crippen LogP contribution in [-0.2, 0) is 27.3 Å². The van der Waals surface area contributed by atoms with Crippen molar-refractivity contribution in [1.82, 2.24) is 19.7 Å². The summed E-state index contributed by atoms with van der Waals surface area (Å²) >= 11 is 7.38. The summed E-state index contributed by atoms with van der Waals surface area (Å²) in [6.07, 6.45) is 2.53. The molecule has 0 spiro atoms.